The minimum atomic E-state index is -3.40. The fourth-order valence-corrected chi connectivity index (χ4v) is 3.73. The van der Waals surface area contributed by atoms with Gasteiger partial charge in [0, 0.05) is 12.8 Å². The Labute approximate surface area is 126 Å². The van der Waals surface area contributed by atoms with E-state index in [9.17, 15) is 8.42 Å². The van der Waals surface area contributed by atoms with Crippen LogP contribution in [0.2, 0.25) is 0 Å². The van der Waals surface area contributed by atoms with Gasteiger partial charge in [-0.25, -0.2) is 8.42 Å². The second-order valence-corrected chi connectivity index (χ2v) is 7.25. The van der Waals surface area contributed by atoms with Gasteiger partial charge in [-0.1, -0.05) is 0 Å². The standard InChI is InChI=1S/C15H23NO4S/c1-12(19-2)11-21(17,18)16-13-7-9-15(10-8-13)20-14-5-3-4-6-14/h7-10,12,14,16H,3-6,11H2,1-2H3/t12-/m0/s1. The monoisotopic (exact) mass is 313 g/mol. The van der Waals surface area contributed by atoms with E-state index in [0.29, 0.717) is 11.8 Å². The number of nitrogens with one attached hydrogen (secondary N) is 1. The average molecular weight is 313 g/mol. The van der Waals surface area contributed by atoms with E-state index in [4.69, 9.17) is 9.47 Å². The zero-order valence-corrected chi connectivity index (χ0v) is 13.4. The van der Waals surface area contributed by atoms with Crippen molar-refractivity contribution in [2.75, 3.05) is 17.6 Å². The van der Waals surface area contributed by atoms with E-state index in [1.165, 1.54) is 20.0 Å². The van der Waals surface area contributed by atoms with Crippen LogP contribution >= 0.6 is 0 Å². The highest BCUT2D eigenvalue weighted by Gasteiger charge is 2.17. The molecule has 0 aliphatic heterocycles. The Balaban J connectivity index is 1.92. The summed E-state index contributed by atoms with van der Waals surface area (Å²) in [5.74, 6) is 0.721. The Morgan fingerprint density at radius 2 is 1.86 bits per heavy atom. The first-order chi connectivity index (χ1) is 9.98. The van der Waals surface area contributed by atoms with Crippen LogP contribution in [0.25, 0.3) is 0 Å². The van der Waals surface area contributed by atoms with Crippen molar-refractivity contribution in [1.29, 1.82) is 0 Å². The van der Waals surface area contributed by atoms with Crippen LogP contribution in [0.4, 0.5) is 5.69 Å². The summed E-state index contributed by atoms with van der Waals surface area (Å²) in [7, 11) is -1.90. The molecule has 0 saturated heterocycles. The smallest absolute Gasteiger partial charge is 0.235 e. The molecular weight excluding hydrogens is 290 g/mol. The lowest BCUT2D eigenvalue weighted by Crippen LogP contribution is -2.25. The summed E-state index contributed by atoms with van der Waals surface area (Å²) in [6.45, 7) is 1.72. The zero-order chi connectivity index (χ0) is 15.3. The molecule has 0 spiro atoms. The molecule has 0 bridgehead atoms. The Morgan fingerprint density at radius 1 is 1.24 bits per heavy atom. The van der Waals surface area contributed by atoms with Crippen molar-refractivity contribution in [3.63, 3.8) is 0 Å². The topological polar surface area (TPSA) is 64.6 Å². The van der Waals surface area contributed by atoms with Gasteiger partial charge in [-0.15, -0.1) is 0 Å². The molecule has 5 nitrogen and oxygen atoms in total. The number of hydrogen-bond acceptors (Lipinski definition) is 4. The number of benzene rings is 1. The van der Waals surface area contributed by atoms with Crippen LogP contribution in [-0.4, -0.2) is 33.5 Å². The Morgan fingerprint density at radius 3 is 2.43 bits per heavy atom. The van der Waals surface area contributed by atoms with Gasteiger partial charge in [0.15, 0.2) is 0 Å². The highest BCUT2D eigenvalue weighted by atomic mass is 32.2. The van der Waals surface area contributed by atoms with Crippen molar-refractivity contribution in [3.8, 4) is 5.75 Å². The maximum absolute atomic E-state index is 11.9. The second kappa shape index (κ2) is 7.13. The third kappa shape index (κ3) is 5.21. The minimum absolute atomic E-state index is 0.0656. The van der Waals surface area contributed by atoms with Gasteiger partial charge in [0.2, 0.25) is 10.0 Å². The molecule has 2 rings (SSSR count). The number of anilines is 1. The lowest BCUT2D eigenvalue weighted by Gasteiger charge is -2.14. The third-order valence-corrected chi connectivity index (χ3v) is 5.04. The molecule has 118 valence electrons. The van der Waals surface area contributed by atoms with Crippen molar-refractivity contribution >= 4 is 15.7 Å². The molecule has 0 radical (unpaired) electrons. The summed E-state index contributed by atoms with van der Waals surface area (Å²) in [6.07, 6.45) is 4.61. The summed E-state index contributed by atoms with van der Waals surface area (Å²) in [6, 6.07) is 7.05. The quantitative estimate of drug-likeness (QED) is 0.840. The summed E-state index contributed by atoms with van der Waals surface area (Å²) in [5.41, 5.74) is 0.539. The number of rotatable bonds is 7. The van der Waals surface area contributed by atoms with E-state index in [1.807, 2.05) is 0 Å². The van der Waals surface area contributed by atoms with E-state index < -0.39 is 10.0 Å². The Hall–Kier alpha value is -1.27. The van der Waals surface area contributed by atoms with Crippen LogP contribution in [0.15, 0.2) is 24.3 Å². The number of methoxy groups -OCH3 is 1. The van der Waals surface area contributed by atoms with E-state index in [1.54, 1.807) is 31.2 Å². The molecule has 0 unspecified atom stereocenters. The van der Waals surface area contributed by atoms with Crippen molar-refractivity contribution in [3.05, 3.63) is 24.3 Å². The first-order valence-electron chi connectivity index (χ1n) is 7.28. The first kappa shape index (κ1) is 16.1. The SMILES string of the molecule is CO[C@@H](C)CS(=O)(=O)Nc1ccc(OC2CCCC2)cc1. The molecule has 1 aromatic carbocycles. The van der Waals surface area contributed by atoms with Gasteiger partial charge in [-0.3, -0.25) is 4.72 Å². The van der Waals surface area contributed by atoms with Crippen LogP contribution in [-0.2, 0) is 14.8 Å². The van der Waals surface area contributed by atoms with E-state index in [0.717, 1.165) is 18.6 Å². The largest absolute Gasteiger partial charge is 0.490 e. The van der Waals surface area contributed by atoms with Gasteiger partial charge in [0.05, 0.1) is 18.0 Å². The van der Waals surface area contributed by atoms with Crippen LogP contribution in [0, 0.1) is 0 Å². The summed E-state index contributed by atoms with van der Waals surface area (Å²) in [5, 5.41) is 0. The molecule has 1 aliphatic carbocycles. The van der Waals surface area contributed by atoms with E-state index >= 15 is 0 Å². The predicted octanol–water partition coefficient (Wildman–Crippen LogP) is 2.78. The molecule has 0 aromatic heterocycles. The van der Waals surface area contributed by atoms with Crippen molar-refractivity contribution in [2.45, 2.75) is 44.8 Å². The van der Waals surface area contributed by atoms with E-state index in [-0.39, 0.29) is 11.9 Å². The molecular formula is C15H23NO4S. The van der Waals surface area contributed by atoms with Gasteiger partial charge in [0.25, 0.3) is 0 Å². The van der Waals surface area contributed by atoms with Crippen LogP contribution in [0.1, 0.15) is 32.6 Å². The highest BCUT2D eigenvalue weighted by Crippen LogP contribution is 2.25. The van der Waals surface area contributed by atoms with Crippen LogP contribution in [0.5, 0.6) is 5.75 Å². The maximum Gasteiger partial charge on any atom is 0.235 e. The van der Waals surface area contributed by atoms with Crippen molar-refractivity contribution in [1.82, 2.24) is 0 Å². The van der Waals surface area contributed by atoms with Crippen LogP contribution < -0.4 is 9.46 Å². The van der Waals surface area contributed by atoms with Gasteiger partial charge in [-0.2, -0.15) is 0 Å². The third-order valence-electron chi connectivity index (χ3n) is 3.59. The molecule has 1 aliphatic rings. The molecule has 6 heteroatoms. The van der Waals surface area contributed by atoms with Gasteiger partial charge >= 0.3 is 0 Å². The van der Waals surface area contributed by atoms with Crippen molar-refractivity contribution < 1.29 is 17.9 Å². The molecule has 0 heterocycles. The highest BCUT2D eigenvalue weighted by molar-refractivity contribution is 7.92. The van der Waals surface area contributed by atoms with Gasteiger partial charge < -0.3 is 9.47 Å². The number of hydrogen-bond donors (Lipinski definition) is 1. The molecule has 1 fully saturated rings. The lowest BCUT2D eigenvalue weighted by molar-refractivity contribution is 0.136. The zero-order valence-electron chi connectivity index (χ0n) is 12.5. The first-order valence-corrected chi connectivity index (χ1v) is 8.94. The molecule has 0 amide bonds. The van der Waals surface area contributed by atoms with Crippen molar-refractivity contribution in [2.24, 2.45) is 0 Å². The minimum Gasteiger partial charge on any atom is -0.490 e. The Bertz CT molecular complexity index is 535. The molecule has 1 saturated carbocycles. The maximum atomic E-state index is 11.9. The summed E-state index contributed by atoms with van der Waals surface area (Å²) >= 11 is 0. The fraction of sp³-hybridized carbons (Fsp3) is 0.600. The second-order valence-electron chi connectivity index (χ2n) is 5.48. The number of sulfonamides is 1. The summed E-state index contributed by atoms with van der Waals surface area (Å²) < 4.78 is 37.2. The number of ether oxygens (including phenoxy) is 2. The van der Waals surface area contributed by atoms with Crippen LogP contribution in [0.3, 0.4) is 0 Å². The lowest BCUT2D eigenvalue weighted by atomic mass is 10.3. The van der Waals surface area contributed by atoms with Gasteiger partial charge in [0.1, 0.15) is 5.75 Å². The molecule has 1 aromatic rings. The molecule has 1 atom stereocenters. The molecule has 21 heavy (non-hydrogen) atoms. The molecule has 1 N–H and O–H groups in total. The fourth-order valence-electron chi connectivity index (χ4n) is 2.40. The summed E-state index contributed by atoms with van der Waals surface area (Å²) in [4.78, 5) is 0. The average Bonchev–Trinajstić information content (AvgIpc) is 2.93. The van der Waals surface area contributed by atoms with E-state index in [2.05, 4.69) is 4.72 Å². The normalized spacial score (nSPS) is 17.6. The Kier molecular flexibility index (Phi) is 5.47. The van der Waals surface area contributed by atoms with Gasteiger partial charge in [-0.05, 0) is 56.9 Å². The predicted molar refractivity (Wildman–Crippen MR) is 83.2 cm³/mol.